The molecule has 0 spiro atoms. The third kappa shape index (κ3) is 9.45. The highest BCUT2D eigenvalue weighted by atomic mass is 28.4. The Bertz CT molecular complexity index is 264. The zero-order valence-electron chi connectivity index (χ0n) is 10.8. The molecule has 4 nitrogen and oxygen atoms in total. The van der Waals surface area contributed by atoms with Crippen molar-refractivity contribution < 1.29 is 18.8 Å². The van der Waals surface area contributed by atoms with E-state index in [1.165, 1.54) is 0 Å². The minimum absolute atomic E-state index is 0.495. The van der Waals surface area contributed by atoms with Crippen LogP contribution in [0.1, 0.15) is 20.8 Å². The molecule has 5 heteroatoms. The lowest BCUT2D eigenvalue weighted by molar-refractivity contribution is -0.148. The molecule has 0 aliphatic heterocycles. The van der Waals surface area contributed by atoms with Crippen LogP contribution in [0.3, 0.4) is 0 Å². The van der Waals surface area contributed by atoms with Gasteiger partial charge in [-0.3, -0.25) is 0 Å². The number of carbonyl (C=O) groups is 2. The highest BCUT2D eigenvalue weighted by molar-refractivity contribution is 6.71. The monoisotopic (exact) mass is 244 g/mol. The molecule has 0 fully saturated rings. The normalized spacial score (nSPS) is 12.6. The van der Waals surface area contributed by atoms with Gasteiger partial charge < -0.3 is 9.16 Å². The van der Waals surface area contributed by atoms with E-state index in [-0.39, 0.29) is 0 Å². The molecular weight excluding hydrogens is 224 g/mol. The van der Waals surface area contributed by atoms with Gasteiger partial charge in [0.1, 0.15) is 5.60 Å². The van der Waals surface area contributed by atoms with E-state index >= 15 is 0 Å². The van der Waals surface area contributed by atoms with Crippen LogP contribution >= 0.6 is 0 Å². The topological polar surface area (TPSA) is 52.6 Å². The Hall–Kier alpha value is -1.10. The van der Waals surface area contributed by atoms with Gasteiger partial charge in [-0.15, -0.1) is 0 Å². The third-order valence-corrected chi connectivity index (χ3v) is 1.98. The first-order valence-corrected chi connectivity index (χ1v) is 8.54. The van der Waals surface area contributed by atoms with Crippen molar-refractivity contribution >= 4 is 20.3 Å². The molecule has 0 bridgehead atoms. The second kappa shape index (κ2) is 5.29. The van der Waals surface area contributed by atoms with Gasteiger partial charge in [0.05, 0.1) is 0 Å². The van der Waals surface area contributed by atoms with Gasteiger partial charge in [0, 0.05) is 12.2 Å². The number of hydrogen-bond donors (Lipinski definition) is 0. The average molecular weight is 244 g/mol. The van der Waals surface area contributed by atoms with Crippen molar-refractivity contribution in [2.75, 3.05) is 0 Å². The molecule has 0 aliphatic rings. The third-order valence-electron chi connectivity index (χ3n) is 1.17. The van der Waals surface area contributed by atoms with Gasteiger partial charge in [-0.25, -0.2) is 9.59 Å². The molecule has 0 aromatic heterocycles. The largest absolute Gasteiger partial charge is 0.517 e. The van der Waals surface area contributed by atoms with Crippen molar-refractivity contribution in [2.45, 2.75) is 46.0 Å². The first-order valence-electron chi connectivity index (χ1n) is 5.14. The van der Waals surface area contributed by atoms with Crippen molar-refractivity contribution in [3.63, 3.8) is 0 Å². The van der Waals surface area contributed by atoms with E-state index in [1.54, 1.807) is 20.8 Å². The van der Waals surface area contributed by atoms with E-state index < -0.39 is 25.9 Å². The van der Waals surface area contributed by atoms with Gasteiger partial charge in [0.2, 0.25) is 8.32 Å². The maximum Gasteiger partial charge on any atom is 0.331 e. The highest BCUT2D eigenvalue weighted by Gasteiger charge is 2.19. The van der Waals surface area contributed by atoms with Gasteiger partial charge in [-0.2, -0.15) is 0 Å². The second-order valence-electron chi connectivity index (χ2n) is 5.40. The van der Waals surface area contributed by atoms with Crippen LogP contribution in [-0.4, -0.2) is 25.9 Å². The van der Waals surface area contributed by atoms with Crippen LogP contribution < -0.4 is 0 Å². The van der Waals surface area contributed by atoms with E-state index in [0.717, 1.165) is 12.2 Å². The summed E-state index contributed by atoms with van der Waals surface area (Å²) in [5, 5.41) is 0. The summed E-state index contributed by atoms with van der Waals surface area (Å²) in [5.41, 5.74) is -0.551. The zero-order valence-corrected chi connectivity index (χ0v) is 11.8. The first-order chi connectivity index (χ1) is 6.99. The van der Waals surface area contributed by atoms with Gasteiger partial charge in [0.25, 0.3) is 0 Å². The van der Waals surface area contributed by atoms with Crippen LogP contribution in [0.25, 0.3) is 0 Å². The summed E-state index contributed by atoms with van der Waals surface area (Å²) in [7, 11) is -1.89. The molecule has 0 aromatic rings. The minimum Gasteiger partial charge on any atom is -0.517 e. The Morgan fingerprint density at radius 1 is 1.00 bits per heavy atom. The summed E-state index contributed by atoms with van der Waals surface area (Å²) in [5.74, 6) is -1.04. The lowest BCUT2D eigenvalue weighted by atomic mass is 10.2. The Morgan fingerprint density at radius 3 is 1.81 bits per heavy atom. The molecule has 0 atom stereocenters. The fourth-order valence-corrected chi connectivity index (χ4v) is 1.48. The van der Waals surface area contributed by atoms with Crippen molar-refractivity contribution in [1.82, 2.24) is 0 Å². The van der Waals surface area contributed by atoms with E-state index in [4.69, 9.17) is 9.16 Å². The van der Waals surface area contributed by atoms with Crippen LogP contribution in [0.5, 0.6) is 0 Å². The lowest BCUT2D eigenvalue weighted by Gasteiger charge is -2.18. The Morgan fingerprint density at radius 2 is 1.44 bits per heavy atom. The number of esters is 1. The van der Waals surface area contributed by atoms with Gasteiger partial charge in [-0.05, 0) is 40.4 Å². The van der Waals surface area contributed by atoms with Crippen LogP contribution in [0.2, 0.25) is 19.6 Å². The molecule has 0 N–H and O–H groups in total. The summed E-state index contributed by atoms with van der Waals surface area (Å²) in [6.45, 7) is 11.0. The molecule has 0 aromatic carbocycles. The summed E-state index contributed by atoms with van der Waals surface area (Å²) in [6, 6.07) is 0. The fourth-order valence-electron chi connectivity index (χ4n) is 0.808. The molecule has 92 valence electrons. The molecule has 16 heavy (non-hydrogen) atoms. The van der Waals surface area contributed by atoms with Crippen molar-refractivity contribution in [2.24, 2.45) is 0 Å². The van der Waals surface area contributed by atoms with Crippen molar-refractivity contribution in [3.05, 3.63) is 12.2 Å². The van der Waals surface area contributed by atoms with E-state index in [9.17, 15) is 9.59 Å². The SMILES string of the molecule is CC(C)(C)OC(=O)C=CC(=O)O[Si](C)(C)C. The summed E-state index contributed by atoms with van der Waals surface area (Å²) < 4.78 is 10.1. The van der Waals surface area contributed by atoms with Gasteiger partial charge >= 0.3 is 11.9 Å². The molecule has 0 saturated carbocycles. The summed E-state index contributed by atoms with van der Waals surface area (Å²) in [4.78, 5) is 22.5. The zero-order chi connectivity index (χ0) is 13.0. The smallest absolute Gasteiger partial charge is 0.331 e. The maximum atomic E-state index is 11.2. The molecule has 0 heterocycles. The van der Waals surface area contributed by atoms with Crippen molar-refractivity contribution in [3.8, 4) is 0 Å². The molecule has 0 aliphatic carbocycles. The predicted molar refractivity (Wildman–Crippen MR) is 64.4 cm³/mol. The molecule has 0 rings (SSSR count). The van der Waals surface area contributed by atoms with E-state index in [2.05, 4.69) is 0 Å². The fraction of sp³-hybridized carbons (Fsp3) is 0.636. The lowest BCUT2D eigenvalue weighted by Crippen LogP contribution is -2.28. The van der Waals surface area contributed by atoms with Crippen molar-refractivity contribution in [1.29, 1.82) is 0 Å². The average Bonchev–Trinajstić information content (AvgIpc) is 1.94. The van der Waals surface area contributed by atoms with Crippen LogP contribution in [-0.2, 0) is 18.8 Å². The van der Waals surface area contributed by atoms with Crippen LogP contribution in [0.4, 0.5) is 0 Å². The quantitative estimate of drug-likeness (QED) is 0.434. The van der Waals surface area contributed by atoms with Crippen LogP contribution in [0.15, 0.2) is 12.2 Å². The van der Waals surface area contributed by atoms with Crippen LogP contribution in [0, 0.1) is 0 Å². The summed E-state index contributed by atoms with van der Waals surface area (Å²) >= 11 is 0. The molecule has 0 unspecified atom stereocenters. The number of hydrogen-bond acceptors (Lipinski definition) is 4. The second-order valence-corrected chi connectivity index (χ2v) is 9.83. The molecule has 0 amide bonds. The van der Waals surface area contributed by atoms with Gasteiger partial charge in [0.15, 0.2) is 0 Å². The summed E-state index contributed by atoms with van der Waals surface area (Å²) in [6.07, 6.45) is 2.19. The van der Waals surface area contributed by atoms with E-state index in [1.807, 2.05) is 19.6 Å². The maximum absolute atomic E-state index is 11.2. The minimum atomic E-state index is -1.89. The first kappa shape index (κ1) is 14.9. The Kier molecular flexibility index (Phi) is 4.93. The molecular formula is C11H20O4Si. The predicted octanol–water partition coefficient (Wildman–Crippen LogP) is 2.26. The van der Waals surface area contributed by atoms with Gasteiger partial charge in [-0.1, -0.05) is 0 Å². The molecule has 0 saturated heterocycles. The number of carbonyl (C=O) groups excluding carboxylic acids is 2. The van der Waals surface area contributed by atoms with E-state index in [0.29, 0.717) is 0 Å². The highest BCUT2D eigenvalue weighted by Crippen LogP contribution is 2.07. The Balaban J connectivity index is 4.20. The number of ether oxygens (including phenoxy) is 1. The Labute approximate surface area is 97.8 Å². The molecule has 0 radical (unpaired) electrons. The standard InChI is InChI=1S/C11H20O4Si/c1-11(2,3)14-9(12)7-8-10(13)15-16(4,5)6/h7-8H,1-6H3. The number of rotatable bonds is 3.